The fourth-order valence-corrected chi connectivity index (χ4v) is 4.14. The molecule has 1 amide bonds. The van der Waals surface area contributed by atoms with Gasteiger partial charge in [0.2, 0.25) is 0 Å². The number of hydrogen-bond acceptors (Lipinski definition) is 3. The SMILES string of the molecule is C=C(CN1CCC(CNC(=O)c2cc(F)cc(C(F)(F)F)c2)CC1)NC1(C)CCC1. The molecule has 1 aromatic rings. The Bertz CT molecular complexity index is 781. The van der Waals surface area contributed by atoms with Crippen LogP contribution in [0.3, 0.4) is 0 Å². The van der Waals surface area contributed by atoms with Gasteiger partial charge in [-0.25, -0.2) is 4.39 Å². The van der Waals surface area contributed by atoms with Crippen LogP contribution in [0.2, 0.25) is 0 Å². The molecule has 1 aromatic carbocycles. The molecule has 1 saturated carbocycles. The molecule has 0 aromatic heterocycles. The number of amides is 1. The van der Waals surface area contributed by atoms with E-state index in [-0.39, 0.29) is 17.0 Å². The van der Waals surface area contributed by atoms with Crippen LogP contribution in [0.25, 0.3) is 0 Å². The van der Waals surface area contributed by atoms with Crippen LogP contribution in [0, 0.1) is 11.7 Å². The highest BCUT2D eigenvalue weighted by atomic mass is 19.4. The topological polar surface area (TPSA) is 44.4 Å². The van der Waals surface area contributed by atoms with E-state index >= 15 is 0 Å². The first-order valence-corrected chi connectivity index (χ1v) is 10.4. The number of carbonyl (C=O) groups excluding carboxylic acids is 1. The van der Waals surface area contributed by atoms with E-state index in [4.69, 9.17) is 0 Å². The Morgan fingerprint density at radius 2 is 1.90 bits per heavy atom. The lowest BCUT2D eigenvalue weighted by atomic mass is 9.78. The Balaban J connectivity index is 1.43. The number of likely N-dealkylation sites (tertiary alicyclic amines) is 1. The second-order valence-corrected chi connectivity index (χ2v) is 8.80. The summed E-state index contributed by atoms with van der Waals surface area (Å²) in [5.74, 6) is -1.52. The molecule has 0 radical (unpaired) electrons. The second-order valence-electron chi connectivity index (χ2n) is 8.80. The van der Waals surface area contributed by atoms with Crippen LogP contribution in [0.4, 0.5) is 17.6 Å². The Labute approximate surface area is 174 Å². The number of benzene rings is 1. The first kappa shape index (κ1) is 22.6. The molecule has 8 heteroatoms. The summed E-state index contributed by atoms with van der Waals surface area (Å²) in [6, 6.07) is 1.90. The van der Waals surface area contributed by atoms with Crippen molar-refractivity contribution in [3.8, 4) is 0 Å². The third-order valence-electron chi connectivity index (χ3n) is 6.10. The van der Waals surface area contributed by atoms with Crippen molar-refractivity contribution < 1.29 is 22.4 Å². The first-order chi connectivity index (χ1) is 14.0. The molecule has 1 aliphatic carbocycles. The van der Waals surface area contributed by atoms with Gasteiger partial charge in [-0.3, -0.25) is 9.69 Å². The van der Waals surface area contributed by atoms with Crippen LogP contribution in [0.5, 0.6) is 0 Å². The highest BCUT2D eigenvalue weighted by Crippen LogP contribution is 2.32. The number of halogens is 4. The Kier molecular flexibility index (Phi) is 6.75. The minimum Gasteiger partial charge on any atom is -0.383 e. The van der Waals surface area contributed by atoms with Crippen molar-refractivity contribution in [2.75, 3.05) is 26.2 Å². The molecule has 1 heterocycles. The summed E-state index contributed by atoms with van der Waals surface area (Å²) >= 11 is 0. The van der Waals surface area contributed by atoms with Crippen molar-refractivity contribution in [2.45, 2.75) is 50.7 Å². The molecule has 3 rings (SSSR count). The summed E-state index contributed by atoms with van der Waals surface area (Å²) in [6.45, 7) is 9.25. The predicted molar refractivity (Wildman–Crippen MR) is 107 cm³/mol. The van der Waals surface area contributed by atoms with E-state index in [9.17, 15) is 22.4 Å². The van der Waals surface area contributed by atoms with E-state index in [1.165, 1.54) is 19.3 Å². The van der Waals surface area contributed by atoms with E-state index in [0.717, 1.165) is 44.2 Å². The highest BCUT2D eigenvalue weighted by molar-refractivity contribution is 5.94. The number of piperidine rings is 1. The molecule has 2 N–H and O–H groups in total. The van der Waals surface area contributed by atoms with E-state index < -0.39 is 23.5 Å². The molecular formula is C22H29F4N3O. The number of rotatable bonds is 7. The minimum atomic E-state index is -4.70. The van der Waals surface area contributed by atoms with Crippen molar-refractivity contribution in [1.29, 1.82) is 0 Å². The van der Waals surface area contributed by atoms with E-state index in [2.05, 4.69) is 29.0 Å². The van der Waals surface area contributed by atoms with Crippen molar-refractivity contribution in [3.63, 3.8) is 0 Å². The lowest BCUT2D eigenvalue weighted by Gasteiger charge is -2.42. The molecule has 4 nitrogen and oxygen atoms in total. The molecule has 2 aliphatic rings. The van der Waals surface area contributed by atoms with Gasteiger partial charge in [-0.15, -0.1) is 0 Å². The van der Waals surface area contributed by atoms with Gasteiger partial charge < -0.3 is 10.6 Å². The number of carbonyl (C=O) groups is 1. The molecular weight excluding hydrogens is 398 g/mol. The van der Waals surface area contributed by atoms with Crippen LogP contribution < -0.4 is 10.6 Å². The standard InChI is InChI=1S/C22H29F4N3O/c1-15(28-21(2)6-3-7-21)14-29-8-4-16(5-9-29)13-27-20(30)17-10-18(22(24,25)26)12-19(23)11-17/h10-12,16,28H,1,3-9,13-14H2,2H3,(H,27,30). The van der Waals surface area contributed by atoms with Gasteiger partial charge in [0.15, 0.2) is 0 Å². The van der Waals surface area contributed by atoms with Gasteiger partial charge in [-0.2, -0.15) is 13.2 Å². The van der Waals surface area contributed by atoms with Crippen LogP contribution in [-0.2, 0) is 6.18 Å². The molecule has 1 aliphatic heterocycles. The van der Waals surface area contributed by atoms with Gasteiger partial charge in [0.1, 0.15) is 5.82 Å². The zero-order valence-corrected chi connectivity index (χ0v) is 17.2. The predicted octanol–water partition coefficient (Wildman–Crippen LogP) is 4.33. The van der Waals surface area contributed by atoms with Gasteiger partial charge in [0.05, 0.1) is 5.56 Å². The van der Waals surface area contributed by atoms with Gasteiger partial charge in [0, 0.05) is 29.9 Å². The Morgan fingerprint density at radius 3 is 2.47 bits per heavy atom. The van der Waals surface area contributed by atoms with Gasteiger partial charge in [0.25, 0.3) is 5.91 Å². The first-order valence-electron chi connectivity index (χ1n) is 10.4. The van der Waals surface area contributed by atoms with Crippen molar-refractivity contribution in [2.24, 2.45) is 5.92 Å². The smallest absolute Gasteiger partial charge is 0.383 e. The molecule has 0 atom stereocenters. The fourth-order valence-electron chi connectivity index (χ4n) is 4.14. The van der Waals surface area contributed by atoms with Gasteiger partial charge in [-0.1, -0.05) is 6.58 Å². The van der Waals surface area contributed by atoms with Crippen molar-refractivity contribution in [1.82, 2.24) is 15.5 Å². The van der Waals surface area contributed by atoms with Gasteiger partial charge in [-0.05, 0) is 76.2 Å². The number of nitrogens with one attached hydrogen (secondary N) is 2. The summed E-state index contributed by atoms with van der Waals surface area (Å²) in [4.78, 5) is 14.5. The summed E-state index contributed by atoms with van der Waals surface area (Å²) in [5.41, 5.74) is -0.268. The van der Waals surface area contributed by atoms with Gasteiger partial charge >= 0.3 is 6.18 Å². The highest BCUT2D eigenvalue weighted by Gasteiger charge is 2.33. The molecule has 2 fully saturated rings. The van der Waals surface area contributed by atoms with E-state index in [0.29, 0.717) is 18.7 Å². The lowest BCUT2D eigenvalue weighted by Crippen LogP contribution is -2.49. The molecule has 1 saturated heterocycles. The number of alkyl halides is 3. The number of nitrogens with zero attached hydrogens (tertiary/aromatic N) is 1. The summed E-state index contributed by atoms with van der Waals surface area (Å²) in [6.07, 6.45) is 0.649. The normalized spacial score (nSPS) is 19.8. The lowest BCUT2D eigenvalue weighted by molar-refractivity contribution is -0.137. The summed E-state index contributed by atoms with van der Waals surface area (Å²) in [5, 5.41) is 6.18. The maximum Gasteiger partial charge on any atom is 0.416 e. The van der Waals surface area contributed by atoms with Crippen LogP contribution >= 0.6 is 0 Å². The minimum absolute atomic E-state index is 0.183. The van der Waals surface area contributed by atoms with Crippen LogP contribution in [0.1, 0.15) is 54.9 Å². The van der Waals surface area contributed by atoms with Crippen molar-refractivity contribution >= 4 is 5.91 Å². The third kappa shape index (κ3) is 5.97. The molecule has 30 heavy (non-hydrogen) atoms. The largest absolute Gasteiger partial charge is 0.416 e. The quantitative estimate of drug-likeness (QED) is 0.637. The monoisotopic (exact) mass is 427 g/mol. The zero-order valence-electron chi connectivity index (χ0n) is 17.2. The molecule has 0 spiro atoms. The number of hydrogen-bond donors (Lipinski definition) is 2. The van der Waals surface area contributed by atoms with E-state index in [1.807, 2.05) is 0 Å². The maximum absolute atomic E-state index is 13.5. The van der Waals surface area contributed by atoms with Crippen LogP contribution in [0.15, 0.2) is 30.5 Å². The average molecular weight is 427 g/mol. The zero-order chi connectivity index (χ0) is 21.9. The maximum atomic E-state index is 13.5. The third-order valence-corrected chi connectivity index (χ3v) is 6.10. The van der Waals surface area contributed by atoms with E-state index in [1.54, 1.807) is 0 Å². The van der Waals surface area contributed by atoms with Crippen LogP contribution in [-0.4, -0.2) is 42.5 Å². The molecule has 0 unspecified atom stereocenters. The Hall–Kier alpha value is -2.09. The second kappa shape index (κ2) is 8.96. The fraction of sp³-hybridized carbons (Fsp3) is 0.591. The summed E-state index contributed by atoms with van der Waals surface area (Å²) in [7, 11) is 0. The average Bonchev–Trinajstić information content (AvgIpc) is 2.64. The Morgan fingerprint density at radius 1 is 1.23 bits per heavy atom. The molecule has 0 bridgehead atoms. The van der Waals surface area contributed by atoms with Crippen molar-refractivity contribution in [3.05, 3.63) is 47.4 Å². The molecule has 166 valence electrons. The summed E-state index contributed by atoms with van der Waals surface area (Å²) < 4.78 is 51.9.